The van der Waals surface area contributed by atoms with Crippen LogP contribution in [0.25, 0.3) is 0 Å². The molecule has 336 valence electrons. The average Bonchev–Trinajstić information content (AvgIpc) is 3.39. The molecule has 0 amide bonds. The second kappa shape index (κ2) is 17.0. The molecule has 0 bridgehead atoms. The van der Waals surface area contributed by atoms with Crippen LogP contribution in [0.3, 0.4) is 0 Å². The Labute approximate surface area is 408 Å². The highest BCUT2D eigenvalue weighted by molar-refractivity contribution is 7.00. The van der Waals surface area contributed by atoms with Crippen molar-refractivity contribution in [2.45, 2.75) is 130 Å². The predicted octanol–water partition coefficient (Wildman–Crippen LogP) is 16.0. The van der Waals surface area contributed by atoms with Crippen molar-refractivity contribution in [3.8, 4) is 0 Å². The maximum absolute atomic E-state index is 10.0. The van der Waals surface area contributed by atoms with Crippen LogP contribution < -0.4 is 31.1 Å². The zero-order chi connectivity index (χ0) is 53.7. The molecule has 0 aliphatic carbocycles. The van der Waals surface area contributed by atoms with Crippen LogP contribution in [0.1, 0.15) is 142 Å². The molecule has 0 radical (unpaired) electrons. The third-order valence-corrected chi connectivity index (χ3v) is 15.5. The van der Waals surface area contributed by atoms with Gasteiger partial charge in [-0.2, -0.15) is 0 Å². The molecule has 7 aromatic carbocycles. The normalized spacial score (nSPS) is 15.3. The van der Waals surface area contributed by atoms with E-state index >= 15 is 0 Å². The monoisotopic (exact) mass is 876 g/mol. The summed E-state index contributed by atoms with van der Waals surface area (Å²) in [6, 6.07) is 36.4. The van der Waals surface area contributed by atoms with Crippen molar-refractivity contribution in [2.24, 2.45) is 0 Å². The molecule has 9 rings (SSSR count). The van der Waals surface area contributed by atoms with Gasteiger partial charge in [-0.15, -0.1) is 0 Å². The number of anilines is 9. The Hall–Kier alpha value is -6.00. The Bertz CT molecular complexity index is 3080. The zero-order valence-electron chi connectivity index (χ0n) is 49.1. The Balaban J connectivity index is 1.53. The first-order chi connectivity index (χ1) is 34.9. The lowest BCUT2D eigenvalue weighted by Gasteiger charge is -2.46. The molecule has 2 aliphatic heterocycles. The first kappa shape index (κ1) is 36.2. The van der Waals surface area contributed by atoms with Gasteiger partial charge in [0.2, 0.25) is 0 Å². The van der Waals surface area contributed by atoms with Crippen LogP contribution >= 0.6 is 0 Å². The second-order valence-corrected chi connectivity index (χ2v) is 21.0. The van der Waals surface area contributed by atoms with Gasteiger partial charge < -0.3 is 14.7 Å². The van der Waals surface area contributed by atoms with Gasteiger partial charge in [0, 0.05) is 45.5 Å². The van der Waals surface area contributed by atoms with Gasteiger partial charge in [0.05, 0.1) is 16.7 Å². The first-order valence-corrected chi connectivity index (χ1v) is 24.1. The highest BCUT2D eigenvalue weighted by atomic mass is 15.2. The second-order valence-electron chi connectivity index (χ2n) is 21.0. The summed E-state index contributed by atoms with van der Waals surface area (Å²) in [7, 11) is 0. The SMILES string of the molecule is [2H]c1c([2H])c(C(C)(C)CC)c([2H])c([2H])c1N1c2ccc(C(C)(C)CC)cc2B2c3cc(C(C)(C)CC)ccc3N(c3c([2H])c([2H])c(C(C)(C)CC)c([2H])c3[2H])c3cc(N(c4ccccc4)c4ccccc4)cc1c32. The van der Waals surface area contributed by atoms with Crippen molar-refractivity contribution in [3.05, 3.63) is 180 Å². The molecule has 2 aliphatic rings. The van der Waals surface area contributed by atoms with Gasteiger partial charge in [0.15, 0.2) is 0 Å². The maximum Gasteiger partial charge on any atom is 0.252 e. The van der Waals surface area contributed by atoms with Gasteiger partial charge in [0.25, 0.3) is 6.71 Å². The standard InChI is InChI=1S/C62H70BN3/c1-13-59(5,6)43-27-33-49(34-28-43)65-54-37-31-45(61(9,10)15-3)39-52(54)63-53-40-46(62(11,12)16-4)32-38-55(53)66(50-35-29-44(30-36-50)60(7,8)14-2)57-42-51(41-56(65)58(57)63)64(47-23-19-17-20-24-47)48-25-21-18-22-26-48/h17-42H,13-16H2,1-12H3/i27D,28D,29D,30D,33D,34D,35D,36D. The van der Waals surface area contributed by atoms with Crippen molar-refractivity contribution >= 4 is 74.3 Å². The van der Waals surface area contributed by atoms with E-state index in [-0.39, 0.29) is 70.5 Å². The molecule has 0 unspecified atom stereocenters. The minimum atomic E-state index is -0.653. The van der Waals surface area contributed by atoms with Crippen LogP contribution in [-0.2, 0) is 21.7 Å². The fraction of sp³-hybridized carbons (Fsp3) is 0.323. The van der Waals surface area contributed by atoms with E-state index in [1.54, 1.807) is 0 Å². The Morgan fingerprint density at radius 2 is 0.758 bits per heavy atom. The summed E-state index contributed by atoms with van der Waals surface area (Å²) in [5.41, 5.74) is 9.16. The topological polar surface area (TPSA) is 9.72 Å². The smallest absolute Gasteiger partial charge is 0.252 e. The quantitative estimate of drug-likeness (QED) is 0.107. The largest absolute Gasteiger partial charge is 0.311 e. The fourth-order valence-corrected chi connectivity index (χ4v) is 9.32. The van der Waals surface area contributed by atoms with E-state index < -0.39 is 17.5 Å². The zero-order valence-corrected chi connectivity index (χ0v) is 41.1. The summed E-state index contributed by atoms with van der Waals surface area (Å²) in [6.45, 7) is 24.8. The van der Waals surface area contributed by atoms with Crippen LogP contribution in [0.15, 0.2) is 158 Å². The van der Waals surface area contributed by atoms with Crippen LogP contribution in [0, 0.1) is 0 Å². The summed E-state index contributed by atoms with van der Waals surface area (Å²) in [4.78, 5) is 6.04. The molecular formula is C62H70BN3. The third-order valence-electron chi connectivity index (χ3n) is 15.5. The van der Waals surface area contributed by atoms with Crippen molar-refractivity contribution in [3.63, 3.8) is 0 Å². The molecule has 0 N–H and O–H groups in total. The van der Waals surface area contributed by atoms with Crippen molar-refractivity contribution < 1.29 is 11.0 Å². The lowest BCUT2D eigenvalue weighted by Crippen LogP contribution is -2.61. The molecule has 4 heteroatoms. The third kappa shape index (κ3) is 7.74. The first-order valence-electron chi connectivity index (χ1n) is 28.1. The highest BCUT2D eigenvalue weighted by Crippen LogP contribution is 2.49. The average molecular weight is 876 g/mol. The molecule has 0 fully saturated rings. The molecular weight excluding hydrogens is 798 g/mol. The van der Waals surface area contributed by atoms with E-state index in [0.29, 0.717) is 41.0 Å². The van der Waals surface area contributed by atoms with Gasteiger partial charge in [-0.3, -0.25) is 0 Å². The Kier molecular flexibility index (Phi) is 9.33. The number of hydrogen-bond acceptors (Lipinski definition) is 3. The van der Waals surface area contributed by atoms with Gasteiger partial charge >= 0.3 is 0 Å². The van der Waals surface area contributed by atoms with Crippen molar-refractivity contribution in [2.75, 3.05) is 14.7 Å². The van der Waals surface area contributed by atoms with Gasteiger partial charge in [-0.1, -0.05) is 168 Å². The van der Waals surface area contributed by atoms with Crippen LogP contribution in [0.4, 0.5) is 51.2 Å². The number of para-hydroxylation sites is 2. The molecule has 66 heavy (non-hydrogen) atoms. The molecule has 3 nitrogen and oxygen atoms in total. The molecule has 0 saturated heterocycles. The maximum atomic E-state index is 10.0. The summed E-state index contributed by atoms with van der Waals surface area (Å²) >= 11 is 0. The van der Waals surface area contributed by atoms with Crippen LogP contribution in [-0.4, -0.2) is 6.71 Å². The van der Waals surface area contributed by atoms with Crippen molar-refractivity contribution in [1.82, 2.24) is 0 Å². The summed E-state index contributed by atoms with van der Waals surface area (Å²) in [6.07, 6.45) is 2.94. The predicted molar refractivity (Wildman–Crippen MR) is 288 cm³/mol. The Morgan fingerprint density at radius 3 is 1.11 bits per heavy atom. The molecule has 0 aromatic heterocycles. The summed E-state index contributed by atoms with van der Waals surface area (Å²) < 4.78 is 79.0. The highest BCUT2D eigenvalue weighted by Gasteiger charge is 2.45. The lowest BCUT2D eigenvalue weighted by molar-refractivity contribution is 0.506. The number of hydrogen-bond donors (Lipinski definition) is 0. The van der Waals surface area contributed by atoms with Crippen molar-refractivity contribution in [1.29, 1.82) is 0 Å². The van der Waals surface area contributed by atoms with E-state index in [4.69, 9.17) is 0 Å². The van der Waals surface area contributed by atoms with E-state index in [2.05, 4.69) is 95.0 Å². The number of fused-ring (bicyclic) bond motifs is 4. The molecule has 2 heterocycles. The summed E-state index contributed by atoms with van der Waals surface area (Å²) in [5.74, 6) is 0. The van der Waals surface area contributed by atoms with Crippen LogP contribution in [0.5, 0.6) is 0 Å². The van der Waals surface area contributed by atoms with E-state index in [1.165, 1.54) is 0 Å². The van der Waals surface area contributed by atoms with Gasteiger partial charge in [-0.05, 0) is 159 Å². The van der Waals surface area contributed by atoms with E-state index in [1.807, 2.05) is 112 Å². The molecule has 0 spiro atoms. The van der Waals surface area contributed by atoms with Gasteiger partial charge in [-0.25, -0.2) is 0 Å². The Morgan fingerprint density at radius 1 is 0.409 bits per heavy atom. The fourth-order valence-electron chi connectivity index (χ4n) is 9.32. The lowest BCUT2D eigenvalue weighted by atomic mass is 9.33. The minimum absolute atomic E-state index is 0.0855. The van der Waals surface area contributed by atoms with Crippen LogP contribution in [0.2, 0.25) is 0 Å². The van der Waals surface area contributed by atoms with Gasteiger partial charge in [0.1, 0.15) is 0 Å². The van der Waals surface area contributed by atoms with E-state index in [0.717, 1.165) is 63.1 Å². The molecule has 7 aromatic rings. The number of benzene rings is 7. The number of rotatable bonds is 13. The number of nitrogens with zero attached hydrogens (tertiary/aromatic N) is 3. The molecule has 0 atom stereocenters. The molecule has 0 saturated carbocycles. The minimum Gasteiger partial charge on any atom is -0.311 e. The van der Waals surface area contributed by atoms with E-state index in [9.17, 15) is 11.0 Å². The summed E-state index contributed by atoms with van der Waals surface area (Å²) in [5, 5.41) is 0.